The van der Waals surface area contributed by atoms with Gasteiger partial charge < -0.3 is 32.2 Å². The van der Waals surface area contributed by atoms with E-state index in [1.54, 1.807) is 31.4 Å². The van der Waals surface area contributed by atoms with Crippen LogP contribution in [0.25, 0.3) is 0 Å². The second-order valence-corrected chi connectivity index (χ2v) is 8.22. The van der Waals surface area contributed by atoms with Gasteiger partial charge in [0, 0.05) is 22.7 Å². The summed E-state index contributed by atoms with van der Waals surface area (Å²) < 4.78 is 5.06. The molecular formula is C27H33Cl2N3O6. The zero-order valence-corrected chi connectivity index (χ0v) is 22.4. The minimum Gasteiger partial charge on any atom is -0.496 e. The summed E-state index contributed by atoms with van der Waals surface area (Å²) >= 11 is 11.2. The van der Waals surface area contributed by atoms with Crippen molar-refractivity contribution >= 4 is 41.4 Å². The molecule has 0 spiro atoms. The molecule has 0 aliphatic heterocycles. The molecule has 0 aliphatic rings. The lowest BCUT2D eigenvalue weighted by atomic mass is 10.2. The molecule has 1 unspecified atom stereocenters. The Hall–Kier alpha value is -3.47. The van der Waals surface area contributed by atoms with Gasteiger partial charge in [-0.3, -0.25) is 14.4 Å². The van der Waals surface area contributed by atoms with Crippen molar-refractivity contribution in [2.45, 2.75) is 25.4 Å². The first-order valence-corrected chi connectivity index (χ1v) is 12.0. The van der Waals surface area contributed by atoms with Crippen molar-refractivity contribution in [1.29, 1.82) is 0 Å². The molecule has 3 rings (SSSR count). The van der Waals surface area contributed by atoms with E-state index in [1.165, 1.54) is 6.07 Å². The Morgan fingerprint density at radius 3 is 2.00 bits per heavy atom. The van der Waals surface area contributed by atoms with Crippen LogP contribution < -0.4 is 21.9 Å². The molecule has 0 saturated heterocycles. The summed E-state index contributed by atoms with van der Waals surface area (Å²) in [5.41, 5.74) is 17.9. The number of carboxylic acid groups (broad SMARTS) is 2. The van der Waals surface area contributed by atoms with Crippen LogP contribution in [0.1, 0.15) is 27.9 Å². The average Bonchev–Trinajstić information content (AvgIpc) is 2.90. The number of rotatable bonds is 8. The van der Waals surface area contributed by atoms with E-state index in [0.717, 1.165) is 16.9 Å². The number of para-hydroxylation sites is 1. The summed E-state index contributed by atoms with van der Waals surface area (Å²) in [6.45, 7) is 0.859. The van der Waals surface area contributed by atoms with Crippen molar-refractivity contribution in [1.82, 2.24) is 0 Å². The van der Waals surface area contributed by atoms with E-state index in [1.807, 2.05) is 42.5 Å². The Bertz CT molecular complexity index is 1090. The van der Waals surface area contributed by atoms with Crippen LogP contribution in [0.3, 0.4) is 0 Å². The van der Waals surface area contributed by atoms with Crippen LogP contribution in [0.5, 0.6) is 5.75 Å². The molecule has 206 valence electrons. The van der Waals surface area contributed by atoms with Crippen molar-refractivity contribution < 1.29 is 29.3 Å². The van der Waals surface area contributed by atoms with E-state index in [0.29, 0.717) is 41.4 Å². The highest BCUT2D eigenvalue weighted by Gasteiger charge is 2.08. The molecule has 0 bridgehead atoms. The maximum absolute atomic E-state index is 10.2. The van der Waals surface area contributed by atoms with Crippen LogP contribution in [-0.2, 0) is 22.6 Å². The van der Waals surface area contributed by atoms with Gasteiger partial charge in [-0.1, -0.05) is 71.7 Å². The number of aliphatic carboxylic acids is 2. The number of aldehydes is 1. The summed E-state index contributed by atoms with van der Waals surface area (Å²) in [5, 5.41) is 17.4. The van der Waals surface area contributed by atoms with E-state index in [9.17, 15) is 14.4 Å². The fourth-order valence-electron chi connectivity index (χ4n) is 2.54. The van der Waals surface area contributed by atoms with Crippen LogP contribution >= 0.6 is 23.2 Å². The number of carbonyl (C=O) groups excluding carboxylic acids is 1. The van der Waals surface area contributed by atoms with Gasteiger partial charge in [-0.25, -0.2) is 0 Å². The van der Waals surface area contributed by atoms with Gasteiger partial charge in [0.25, 0.3) is 0 Å². The molecule has 3 aromatic carbocycles. The Morgan fingerprint density at radius 2 is 1.58 bits per heavy atom. The topological polar surface area (TPSA) is 179 Å². The highest BCUT2D eigenvalue weighted by molar-refractivity contribution is 6.36. The van der Waals surface area contributed by atoms with Gasteiger partial charge in [-0.15, -0.1) is 0 Å². The first-order valence-electron chi connectivity index (χ1n) is 11.3. The third-order valence-corrected chi connectivity index (χ3v) is 5.06. The predicted octanol–water partition coefficient (Wildman–Crippen LogP) is 4.02. The number of benzene rings is 3. The monoisotopic (exact) mass is 565 g/mol. The van der Waals surface area contributed by atoms with Gasteiger partial charge in [-0.2, -0.15) is 0 Å². The molecule has 11 heteroatoms. The molecule has 0 aliphatic carbocycles. The number of hydrogen-bond donors (Lipinski definition) is 5. The fourth-order valence-corrected chi connectivity index (χ4v) is 3.00. The quantitative estimate of drug-likeness (QED) is 0.252. The summed E-state index contributed by atoms with van der Waals surface area (Å²) in [5.74, 6) is -0.911. The zero-order valence-electron chi connectivity index (χ0n) is 20.9. The molecule has 38 heavy (non-hydrogen) atoms. The highest BCUT2D eigenvalue weighted by atomic mass is 35.5. The molecule has 0 aromatic heterocycles. The van der Waals surface area contributed by atoms with Crippen LogP contribution in [0.15, 0.2) is 72.8 Å². The summed E-state index contributed by atoms with van der Waals surface area (Å²) in [6, 6.07) is 20.8. The van der Waals surface area contributed by atoms with E-state index in [2.05, 4.69) is 0 Å². The van der Waals surface area contributed by atoms with Crippen molar-refractivity contribution in [2.24, 2.45) is 17.2 Å². The van der Waals surface area contributed by atoms with E-state index in [-0.39, 0.29) is 6.42 Å². The number of ether oxygens (including phenoxy) is 1. The van der Waals surface area contributed by atoms with Gasteiger partial charge in [0.1, 0.15) is 11.8 Å². The molecule has 0 saturated carbocycles. The second-order valence-electron chi connectivity index (χ2n) is 7.38. The van der Waals surface area contributed by atoms with E-state index < -0.39 is 18.0 Å². The van der Waals surface area contributed by atoms with E-state index in [4.69, 9.17) is 55.4 Å². The van der Waals surface area contributed by atoms with Gasteiger partial charge >= 0.3 is 11.9 Å². The molecule has 0 radical (unpaired) electrons. The lowest BCUT2D eigenvalue weighted by Crippen LogP contribution is -2.32. The molecule has 1 atom stereocenters. The average molecular weight is 566 g/mol. The molecular weight excluding hydrogens is 533 g/mol. The number of hydrogen-bond acceptors (Lipinski definition) is 7. The normalized spacial score (nSPS) is 10.2. The van der Waals surface area contributed by atoms with Crippen molar-refractivity contribution in [3.63, 3.8) is 0 Å². The SMILES string of the molecule is COc1ccccc1CN.NCCC(N)C(=O)O.O=C(O)Cc1ccccc1.O=Cc1ccc(Cl)cc1Cl. The van der Waals surface area contributed by atoms with Crippen LogP contribution in [0.2, 0.25) is 10.0 Å². The predicted molar refractivity (Wildman–Crippen MR) is 150 cm³/mol. The highest BCUT2D eigenvalue weighted by Crippen LogP contribution is 2.19. The minimum atomic E-state index is -0.990. The first kappa shape index (κ1) is 34.5. The lowest BCUT2D eigenvalue weighted by molar-refractivity contribution is -0.139. The molecule has 3 aromatic rings. The van der Waals surface area contributed by atoms with Gasteiger partial charge in [0.2, 0.25) is 0 Å². The maximum Gasteiger partial charge on any atom is 0.320 e. The van der Waals surface area contributed by atoms with Gasteiger partial charge in [0.05, 0.1) is 18.6 Å². The molecule has 9 nitrogen and oxygen atoms in total. The largest absolute Gasteiger partial charge is 0.496 e. The number of carboxylic acids is 2. The number of methoxy groups -OCH3 is 1. The second kappa shape index (κ2) is 20.6. The Balaban J connectivity index is 0.000000483. The Kier molecular flexibility index (Phi) is 18.7. The third-order valence-electron chi connectivity index (χ3n) is 4.49. The van der Waals surface area contributed by atoms with Crippen LogP contribution in [0.4, 0.5) is 0 Å². The fraction of sp³-hybridized carbons (Fsp3) is 0.222. The van der Waals surface area contributed by atoms with Crippen molar-refractivity contribution in [3.8, 4) is 5.75 Å². The summed E-state index contributed by atoms with van der Waals surface area (Å²) in [7, 11) is 1.65. The van der Waals surface area contributed by atoms with Crippen molar-refractivity contribution in [3.05, 3.63) is 99.5 Å². The Labute approximate surface area is 232 Å². The zero-order chi connectivity index (χ0) is 28.9. The molecule has 8 N–H and O–H groups in total. The summed E-state index contributed by atoms with van der Waals surface area (Å²) in [6.07, 6.45) is 1.15. The van der Waals surface area contributed by atoms with Crippen molar-refractivity contribution in [2.75, 3.05) is 13.7 Å². The standard InChI is InChI=1S/C8H11NO.C8H8O2.C7H4Cl2O.C4H10N2O2/c1-10-8-5-3-2-4-7(8)6-9;9-8(10)6-7-4-2-1-3-5-7;8-6-2-1-5(4-10)7(9)3-6;5-2-1-3(6)4(7)8/h2-5H,6,9H2,1H3;1-5H,6H2,(H,9,10);1-4H;3H,1-2,5-6H2,(H,7,8). The van der Waals surface area contributed by atoms with E-state index >= 15 is 0 Å². The van der Waals surface area contributed by atoms with Crippen LogP contribution in [0, 0.1) is 0 Å². The van der Waals surface area contributed by atoms with Gasteiger partial charge in [-0.05, 0) is 42.8 Å². The molecule has 0 heterocycles. The lowest BCUT2D eigenvalue weighted by Gasteiger charge is -2.03. The number of nitrogens with two attached hydrogens (primary N) is 3. The minimum absolute atomic E-state index is 0.112. The summed E-state index contributed by atoms with van der Waals surface area (Å²) in [4.78, 5) is 30.3. The Morgan fingerprint density at radius 1 is 0.974 bits per heavy atom. The number of carbonyl (C=O) groups is 3. The molecule has 0 fully saturated rings. The third kappa shape index (κ3) is 15.6. The maximum atomic E-state index is 10.2. The smallest absolute Gasteiger partial charge is 0.320 e. The van der Waals surface area contributed by atoms with Gasteiger partial charge in [0.15, 0.2) is 6.29 Å². The molecule has 0 amide bonds. The number of halogens is 2. The first-order chi connectivity index (χ1) is 18.1. The van der Waals surface area contributed by atoms with Crippen LogP contribution in [-0.4, -0.2) is 48.1 Å².